The average molecular weight is 263 g/mol. The first-order valence-electron chi connectivity index (χ1n) is 5.76. The minimum Gasteiger partial charge on any atom is -0.496 e. The molecule has 5 heteroatoms. The summed E-state index contributed by atoms with van der Waals surface area (Å²) < 4.78 is 9.80. The third kappa shape index (κ3) is 4.46. The molecule has 19 heavy (non-hydrogen) atoms. The van der Waals surface area contributed by atoms with Gasteiger partial charge in [0.15, 0.2) is 0 Å². The van der Waals surface area contributed by atoms with Crippen LogP contribution in [0.4, 0.5) is 0 Å². The maximum Gasteiger partial charge on any atom is 0.309 e. The molecule has 0 saturated carbocycles. The second-order valence-electron chi connectivity index (χ2n) is 3.78. The molecule has 0 atom stereocenters. The van der Waals surface area contributed by atoms with Crippen LogP contribution < -0.4 is 10.1 Å². The van der Waals surface area contributed by atoms with Gasteiger partial charge in [-0.3, -0.25) is 9.59 Å². The van der Waals surface area contributed by atoms with Crippen LogP contribution >= 0.6 is 0 Å². The number of nitrogens with one attached hydrogen (secondary N) is 1. The third-order valence-electron chi connectivity index (χ3n) is 2.41. The van der Waals surface area contributed by atoms with Gasteiger partial charge in [0.25, 0.3) is 0 Å². The standard InChI is InChI=1S/C14H17NO4/c1-10(16)15-12(8-9-14(17)19-3)11-6-4-5-7-13(11)18-2/h4-8H,9H2,1-3H3,(H,15,16). The second-order valence-corrected chi connectivity index (χ2v) is 3.78. The van der Waals surface area contributed by atoms with E-state index in [1.807, 2.05) is 12.1 Å². The van der Waals surface area contributed by atoms with Crippen LogP contribution in [-0.2, 0) is 14.3 Å². The van der Waals surface area contributed by atoms with Crippen LogP contribution in [0.25, 0.3) is 5.70 Å². The lowest BCUT2D eigenvalue weighted by Gasteiger charge is -2.12. The number of ether oxygens (including phenoxy) is 2. The fourth-order valence-electron chi connectivity index (χ4n) is 1.55. The molecule has 0 aromatic heterocycles. The molecule has 0 bridgehead atoms. The van der Waals surface area contributed by atoms with Gasteiger partial charge in [0.1, 0.15) is 5.75 Å². The first-order chi connectivity index (χ1) is 9.08. The number of para-hydroxylation sites is 1. The van der Waals surface area contributed by atoms with Gasteiger partial charge < -0.3 is 14.8 Å². The topological polar surface area (TPSA) is 64.6 Å². The number of esters is 1. The number of methoxy groups -OCH3 is 2. The largest absolute Gasteiger partial charge is 0.496 e. The lowest BCUT2D eigenvalue weighted by molar-refractivity contribution is -0.139. The minimum atomic E-state index is -0.377. The zero-order valence-corrected chi connectivity index (χ0v) is 11.2. The van der Waals surface area contributed by atoms with Crippen molar-refractivity contribution in [3.05, 3.63) is 35.9 Å². The molecule has 0 aliphatic carbocycles. The maximum absolute atomic E-state index is 11.2. The molecule has 0 fully saturated rings. The fraction of sp³-hybridized carbons (Fsp3) is 0.286. The van der Waals surface area contributed by atoms with E-state index in [9.17, 15) is 9.59 Å². The van der Waals surface area contributed by atoms with Gasteiger partial charge in [-0.25, -0.2) is 0 Å². The van der Waals surface area contributed by atoms with Gasteiger partial charge in [-0.15, -0.1) is 0 Å². The smallest absolute Gasteiger partial charge is 0.309 e. The monoisotopic (exact) mass is 263 g/mol. The summed E-state index contributed by atoms with van der Waals surface area (Å²) >= 11 is 0. The van der Waals surface area contributed by atoms with Crippen molar-refractivity contribution in [1.29, 1.82) is 0 Å². The molecule has 0 spiro atoms. The van der Waals surface area contributed by atoms with Crippen LogP contribution in [0.2, 0.25) is 0 Å². The van der Waals surface area contributed by atoms with Crippen LogP contribution in [0, 0.1) is 0 Å². The van der Waals surface area contributed by atoms with Crippen LogP contribution in [0.3, 0.4) is 0 Å². The van der Waals surface area contributed by atoms with Crippen molar-refractivity contribution in [3.63, 3.8) is 0 Å². The Morgan fingerprint density at radius 2 is 1.95 bits per heavy atom. The normalized spacial score (nSPS) is 10.8. The quantitative estimate of drug-likeness (QED) is 0.822. The fourth-order valence-corrected chi connectivity index (χ4v) is 1.55. The van der Waals surface area contributed by atoms with Crippen molar-refractivity contribution < 1.29 is 19.1 Å². The van der Waals surface area contributed by atoms with Crippen molar-refractivity contribution in [2.45, 2.75) is 13.3 Å². The highest BCUT2D eigenvalue weighted by molar-refractivity contribution is 5.87. The van der Waals surface area contributed by atoms with Gasteiger partial charge in [0.2, 0.25) is 5.91 Å². The van der Waals surface area contributed by atoms with E-state index < -0.39 is 0 Å². The number of hydrogen-bond acceptors (Lipinski definition) is 4. The highest BCUT2D eigenvalue weighted by atomic mass is 16.5. The van der Waals surface area contributed by atoms with E-state index in [1.165, 1.54) is 14.0 Å². The summed E-state index contributed by atoms with van der Waals surface area (Å²) in [6.07, 6.45) is 1.68. The molecule has 0 saturated heterocycles. The maximum atomic E-state index is 11.2. The molecule has 102 valence electrons. The molecule has 5 nitrogen and oxygen atoms in total. The first-order valence-corrected chi connectivity index (χ1v) is 5.76. The van der Waals surface area contributed by atoms with Gasteiger partial charge >= 0.3 is 5.97 Å². The number of amides is 1. The summed E-state index contributed by atoms with van der Waals surface area (Å²) in [6.45, 7) is 1.40. The van der Waals surface area contributed by atoms with Crippen molar-refractivity contribution in [2.24, 2.45) is 0 Å². The van der Waals surface area contributed by atoms with Crippen LogP contribution in [-0.4, -0.2) is 26.1 Å². The summed E-state index contributed by atoms with van der Waals surface area (Å²) in [4.78, 5) is 22.4. The Kier molecular flexibility index (Phi) is 5.60. The molecule has 0 unspecified atom stereocenters. The number of rotatable bonds is 5. The summed E-state index contributed by atoms with van der Waals surface area (Å²) in [6, 6.07) is 7.24. The Morgan fingerprint density at radius 1 is 1.26 bits per heavy atom. The van der Waals surface area contributed by atoms with E-state index in [0.29, 0.717) is 17.0 Å². The summed E-state index contributed by atoms with van der Waals surface area (Å²) in [7, 11) is 2.86. The van der Waals surface area contributed by atoms with E-state index in [0.717, 1.165) is 0 Å². The van der Waals surface area contributed by atoms with Crippen LogP contribution in [0.15, 0.2) is 30.3 Å². The van der Waals surface area contributed by atoms with Crippen LogP contribution in [0.1, 0.15) is 18.9 Å². The molecule has 1 aromatic rings. The Bertz CT molecular complexity index is 494. The molecule has 0 radical (unpaired) electrons. The van der Waals surface area contributed by atoms with Crippen molar-refractivity contribution >= 4 is 17.6 Å². The summed E-state index contributed by atoms with van der Waals surface area (Å²) in [5.41, 5.74) is 1.24. The highest BCUT2D eigenvalue weighted by Crippen LogP contribution is 2.24. The number of hydrogen-bond donors (Lipinski definition) is 1. The van der Waals surface area contributed by atoms with E-state index in [1.54, 1.807) is 25.3 Å². The van der Waals surface area contributed by atoms with Crippen molar-refractivity contribution in [1.82, 2.24) is 5.32 Å². The molecule has 0 aliphatic heterocycles. The minimum absolute atomic E-state index is 0.0736. The molecule has 1 rings (SSSR count). The van der Waals surface area contributed by atoms with E-state index in [-0.39, 0.29) is 18.3 Å². The first kappa shape index (κ1) is 14.8. The van der Waals surface area contributed by atoms with Gasteiger partial charge in [-0.1, -0.05) is 12.1 Å². The van der Waals surface area contributed by atoms with Crippen molar-refractivity contribution in [3.8, 4) is 5.75 Å². The summed E-state index contributed by atoms with van der Waals surface area (Å²) in [5, 5.41) is 2.68. The van der Waals surface area contributed by atoms with Crippen LogP contribution in [0.5, 0.6) is 5.75 Å². The van der Waals surface area contributed by atoms with Crippen molar-refractivity contribution in [2.75, 3.05) is 14.2 Å². The number of benzene rings is 1. The zero-order valence-electron chi connectivity index (χ0n) is 11.2. The lowest BCUT2D eigenvalue weighted by Crippen LogP contribution is -2.19. The summed E-state index contributed by atoms with van der Waals surface area (Å²) in [5.74, 6) is 0.0205. The average Bonchev–Trinajstić information content (AvgIpc) is 2.42. The lowest BCUT2D eigenvalue weighted by atomic mass is 10.1. The van der Waals surface area contributed by atoms with Gasteiger partial charge in [-0.2, -0.15) is 0 Å². The highest BCUT2D eigenvalue weighted by Gasteiger charge is 2.10. The van der Waals surface area contributed by atoms with E-state index >= 15 is 0 Å². The van der Waals surface area contributed by atoms with Gasteiger partial charge in [0, 0.05) is 18.2 Å². The number of carbonyl (C=O) groups is 2. The van der Waals surface area contributed by atoms with E-state index in [2.05, 4.69) is 10.1 Å². The molecule has 0 aliphatic rings. The Labute approximate surface area is 112 Å². The Balaban J connectivity index is 3.08. The number of carbonyl (C=O) groups excluding carboxylic acids is 2. The second kappa shape index (κ2) is 7.20. The predicted molar refractivity (Wildman–Crippen MR) is 71.4 cm³/mol. The molecular formula is C14H17NO4. The predicted octanol–water partition coefficient (Wildman–Crippen LogP) is 1.74. The SMILES string of the molecule is COC(=O)CC=C(NC(C)=O)c1ccccc1OC. The Hall–Kier alpha value is -2.30. The van der Waals surface area contributed by atoms with E-state index in [4.69, 9.17) is 4.74 Å². The molecule has 0 heterocycles. The van der Waals surface area contributed by atoms with Gasteiger partial charge in [-0.05, 0) is 18.2 Å². The molecular weight excluding hydrogens is 246 g/mol. The molecule has 1 amide bonds. The molecule has 1 aromatic carbocycles. The third-order valence-corrected chi connectivity index (χ3v) is 2.41. The molecule has 1 N–H and O–H groups in total. The Morgan fingerprint density at radius 3 is 2.53 bits per heavy atom. The zero-order chi connectivity index (χ0) is 14.3. The van der Waals surface area contributed by atoms with Gasteiger partial charge in [0.05, 0.1) is 20.6 Å².